The van der Waals surface area contributed by atoms with Gasteiger partial charge in [0.05, 0.1) is 4.47 Å². The van der Waals surface area contributed by atoms with Crippen molar-refractivity contribution in [3.8, 4) is 0 Å². The maximum atomic E-state index is 13.1. The molecule has 1 N–H and O–H groups in total. The molecular formula is C13H13BrFN3O. The molecule has 1 aromatic heterocycles. The summed E-state index contributed by atoms with van der Waals surface area (Å²) in [5.41, 5.74) is 0.368. The molecule has 0 fully saturated rings. The molecule has 2 aromatic rings. The van der Waals surface area contributed by atoms with Crippen molar-refractivity contribution in [1.29, 1.82) is 0 Å². The third-order valence-electron chi connectivity index (χ3n) is 2.56. The first-order valence-electron chi connectivity index (χ1n) is 5.79. The summed E-state index contributed by atoms with van der Waals surface area (Å²) in [6.07, 6.45) is 1.79. The van der Waals surface area contributed by atoms with Crippen LogP contribution in [0.4, 0.5) is 10.2 Å². The predicted octanol–water partition coefficient (Wildman–Crippen LogP) is 3.62. The SMILES string of the molecule is CC(C)n1ccc(NC(=O)c2ccc(F)c(Br)c2)n1. The summed E-state index contributed by atoms with van der Waals surface area (Å²) < 4.78 is 15.1. The molecule has 100 valence electrons. The molecule has 4 nitrogen and oxygen atoms in total. The normalized spacial score (nSPS) is 10.8. The van der Waals surface area contributed by atoms with Gasteiger partial charge in [-0.15, -0.1) is 0 Å². The number of carbonyl (C=O) groups excluding carboxylic acids is 1. The van der Waals surface area contributed by atoms with Crippen LogP contribution in [0.25, 0.3) is 0 Å². The van der Waals surface area contributed by atoms with Gasteiger partial charge in [0.15, 0.2) is 5.82 Å². The van der Waals surface area contributed by atoms with E-state index >= 15 is 0 Å². The van der Waals surface area contributed by atoms with Gasteiger partial charge in [-0.1, -0.05) is 0 Å². The number of anilines is 1. The van der Waals surface area contributed by atoms with Crippen molar-refractivity contribution in [1.82, 2.24) is 9.78 Å². The first-order chi connectivity index (χ1) is 8.97. The van der Waals surface area contributed by atoms with Gasteiger partial charge in [-0.25, -0.2) is 4.39 Å². The highest BCUT2D eigenvalue weighted by Crippen LogP contribution is 2.18. The molecule has 19 heavy (non-hydrogen) atoms. The number of nitrogens with zero attached hydrogens (tertiary/aromatic N) is 2. The highest BCUT2D eigenvalue weighted by molar-refractivity contribution is 9.10. The van der Waals surface area contributed by atoms with Crippen molar-refractivity contribution >= 4 is 27.7 Å². The monoisotopic (exact) mass is 325 g/mol. The number of halogens is 2. The largest absolute Gasteiger partial charge is 0.305 e. The Labute approximate surface area is 118 Å². The Bertz CT molecular complexity index is 610. The molecule has 1 amide bonds. The Morgan fingerprint density at radius 1 is 1.42 bits per heavy atom. The lowest BCUT2D eigenvalue weighted by atomic mass is 10.2. The van der Waals surface area contributed by atoms with Crippen molar-refractivity contribution in [3.05, 3.63) is 46.3 Å². The minimum Gasteiger partial charge on any atom is -0.305 e. The van der Waals surface area contributed by atoms with Gasteiger partial charge in [0.25, 0.3) is 5.91 Å². The van der Waals surface area contributed by atoms with E-state index in [0.717, 1.165) is 0 Å². The molecule has 0 atom stereocenters. The second kappa shape index (κ2) is 5.52. The molecule has 0 aliphatic carbocycles. The third kappa shape index (κ3) is 3.20. The van der Waals surface area contributed by atoms with Crippen molar-refractivity contribution in [3.63, 3.8) is 0 Å². The molecule has 0 bridgehead atoms. The van der Waals surface area contributed by atoms with E-state index in [4.69, 9.17) is 0 Å². The topological polar surface area (TPSA) is 46.9 Å². The molecule has 1 heterocycles. The fourth-order valence-electron chi connectivity index (χ4n) is 1.52. The highest BCUT2D eigenvalue weighted by atomic mass is 79.9. The summed E-state index contributed by atoms with van der Waals surface area (Å²) in [6, 6.07) is 6.05. The molecule has 0 radical (unpaired) electrons. The molecule has 0 unspecified atom stereocenters. The van der Waals surface area contributed by atoms with Crippen LogP contribution in [0.2, 0.25) is 0 Å². The highest BCUT2D eigenvalue weighted by Gasteiger charge is 2.10. The Balaban J connectivity index is 2.13. The van der Waals surface area contributed by atoms with Crippen LogP contribution in [-0.4, -0.2) is 15.7 Å². The van der Waals surface area contributed by atoms with Crippen molar-refractivity contribution in [2.45, 2.75) is 19.9 Å². The smallest absolute Gasteiger partial charge is 0.256 e. The van der Waals surface area contributed by atoms with E-state index < -0.39 is 5.82 Å². The fraction of sp³-hybridized carbons (Fsp3) is 0.231. The van der Waals surface area contributed by atoms with Gasteiger partial charge in [-0.2, -0.15) is 5.10 Å². The quantitative estimate of drug-likeness (QED) is 0.936. The lowest BCUT2D eigenvalue weighted by molar-refractivity contribution is 0.102. The van der Waals surface area contributed by atoms with Crippen LogP contribution >= 0.6 is 15.9 Å². The number of amides is 1. The molecule has 0 saturated carbocycles. The van der Waals surface area contributed by atoms with Gasteiger partial charge in [0, 0.05) is 23.9 Å². The standard InChI is InChI=1S/C13H13BrFN3O/c1-8(2)18-6-5-12(17-18)16-13(19)9-3-4-11(15)10(14)7-9/h3-8H,1-2H3,(H,16,17,19). The number of hydrogen-bond acceptors (Lipinski definition) is 2. The number of nitrogens with one attached hydrogen (secondary N) is 1. The van der Waals surface area contributed by atoms with E-state index in [1.165, 1.54) is 18.2 Å². The average molecular weight is 326 g/mol. The Morgan fingerprint density at radius 3 is 2.74 bits per heavy atom. The van der Waals surface area contributed by atoms with E-state index in [0.29, 0.717) is 11.4 Å². The van der Waals surface area contributed by atoms with Gasteiger partial charge in [-0.05, 0) is 48.0 Å². The summed E-state index contributed by atoms with van der Waals surface area (Å²) in [6.45, 7) is 3.99. The van der Waals surface area contributed by atoms with Crippen LogP contribution in [-0.2, 0) is 0 Å². The zero-order valence-corrected chi connectivity index (χ0v) is 12.1. The maximum Gasteiger partial charge on any atom is 0.256 e. The Morgan fingerprint density at radius 2 is 2.16 bits per heavy atom. The molecule has 0 saturated heterocycles. The first-order valence-corrected chi connectivity index (χ1v) is 6.58. The number of rotatable bonds is 3. The van der Waals surface area contributed by atoms with Gasteiger partial charge in [0.2, 0.25) is 0 Å². The number of hydrogen-bond donors (Lipinski definition) is 1. The van der Waals surface area contributed by atoms with Crippen LogP contribution in [0, 0.1) is 5.82 Å². The van der Waals surface area contributed by atoms with E-state index in [1.54, 1.807) is 16.9 Å². The summed E-state index contributed by atoms with van der Waals surface area (Å²) >= 11 is 3.05. The molecular weight excluding hydrogens is 313 g/mol. The van der Waals surface area contributed by atoms with Crippen molar-refractivity contribution in [2.75, 3.05) is 5.32 Å². The maximum absolute atomic E-state index is 13.1. The fourth-order valence-corrected chi connectivity index (χ4v) is 1.90. The van der Waals surface area contributed by atoms with Gasteiger partial charge < -0.3 is 5.32 Å². The second-order valence-electron chi connectivity index (χ2n) is 4.36. The van der Waals surface area contributed by atoms with E-state index in [-0.39, 0.29) is 16.4 Å². The zero-order valence-electron chi connectivity index (χ0n) is 10.5. The van der Waals surface area contributed by atoms with Crippen LogP contribution < -0.4 is 5.32 Å². The van der Waals surface area contributed by atoms with Crippen molar-refractivity contribution in [2.24, 2.45) is 0 Å². The van der Waals surface area contributed by atoms with Crippen LogP contribution in [0.3, 0.4) is 0 Å². The van der Waals surface area contributed by atoms with Crippen LogP contribution in [0.15, 0.2) is 34.9 Å². The van der Waals surface area contributed by atoms with Gasteiger partial charge in [0.1, 0.15) is 5.82 Å². The van der Waals surface area contributed by atoms with Crippen LogP contribution in [0.1, 0.15) is 30.2 Å². The lowest BCUT2D eigenvalue weighted by Crippen LogP contribution is -2.13. The van der Waals surface area contributed by atoms with Crippen LogP contribution in [0.5, 0.6) is 0 Å². The van der Waals surface area contributed by atoms with E-state index in [2.05, 4.69) is 26.3 Å². The first kappa shape index (κ1) is 13.7. The number of carbonyl (C=O) groups is 1. The Hall–Kier alpha value is -1.69. The summed E-state index contributed by atoms with van der Waals surface area (Å²) in [7, 11) is 0. The number of aromatic nitrogens is 2. The summed E-state index contributed by atoms with van der Waals surface area (Å²) in [5.74, 6) is -0.255. The second-order valence-corrected chi connectivity index (χ2v) is 5.21. The summed E-state index contributed by atoms with van der Waals surface area (Å²) in [5, 5.41) is 6.88. The lowest BCUT2D eigenvalue weighted by Gasteiger charge is -2.05. The molecule has 1 aromatic carbocycles. The summed E-state index contributed by atoms with van der Waals surface area (Å²) in [4.78, 5) is 12.0. The minimum absolute atomic E-state index is 0.227. The van der Waals surface area contributed by atoms with E-state index in [1.807, 2.05) is 13.8 Å². The molecule has 0 aliphatic heterocycles. The Kier molecular flexibility index (Phi) is 3.99. The predicted molar refractivity (Wildman–Crippen MR) is 74.7 cm³/mol. The molecule has 0 aliphatic rings. The number of benzene rings is 1. The van der Waals surface area contributed by atoms with E-state index in [9.17, 15) is 9.18 Å². The molecule has 0 spiro atoms. The van der Waals surface area contributed by atoms with Gasteiger partial charge in [-0.3, -0.25) is 9.48 Å². The zero-order chi connectivity index (χ0) is 14.0. The van der Waals surface area contributed by atoms with Crippen molar-refractivity contribution < 1.29 is 9.18 Å². The minimum atomic E-state index is -0.402. The van der Waals surface area contributed by atoms with Gasteiger partial charge >= 0.3 is 0 Å². The average Bonchev–Trinajstić information content (AvgIpc) is 2.81. The molecule has 2 rings (SSSR count). The molecule has 6 heteroatoms. The third-order valence-corrected chi connectivity index (χ3v) is 3.17.